The van der Waals surface area contributed by atoms with Gasteiger partial charge >= 0.3 is 0 Å². The number of hydrogen-bond acceptors (Lipinski definition) is 3. The van der Waals surface area contributed by atoms with Crippen molar-refractivity contribution in [2.45, 2.75) is 69.9 Å². The second-order valence-electron chi connectivity index (χ2n) is 9.18. The van der Waals surface area contributed by atoms with E-state index in [9.17, 15) is 8.42 Å². The van der Waals surface area contributed by atoms with Crippen molar-refractivity contribution in [3.05, 3.63) is 24.3 Å². The third-order valence-corrected chi connectivity index (χ3v) is 7.36. The molecule has 2 N–H and O–H groups in total. The average molecular weight is 405 g/mol. The van der Waals surface area contributed by atoms with Crippen LogP contribution in [0, 0.1) is 11.8 Å². The predicted molar refractivity (Wildman–Crippen MR) is 115 cm³/mol. The Morgan fingerprint density at radius 3 is 2.18 bits per heavy atom. The first-order chi connectivity index (χ1) is 12.9. The van der Waals surface area contributed by atoms with Crippen LogP contribution in [0.5, 0.6) is 0 Å². The van der Waals surface area contributed by atoms with E-state index in [0.29, 0.717) is 11.6 Å². The normalized spacial score (nSPS) is 27.8. The highest BCUT2D eigenvalue weighted by Gasteiger charge is 2.67. The number of amidine groups is 1. The molecule has 0 aromatic heterocycles. The molecule has 3 aliphatic carbocycles. The van der Waals surface area contributed by atoms with Crippen molar-refractivity contribution in [2.24, 2.45) is 27.6 Å². The number of nitrogens with two attached hydrogens (primary N) is 1. The van der Waals surface area contributed by atoms with Gasteiger partial charge in [0.1, 0.15) is 5.84 Å². The summed E-state index contributed by atoms with van der Waals surface area (Å²) in [6, 6.07) is 6.37. The lowest BCUT2D eigenvalue weighted by molar-refractivity contribution is -0.198. The zero-order valence-electron chi connectivity index (χ0n) is 17.7. The molecule has 0 spiro atoms. The Kier molecular flexibility index (Phi) is 5.11. The van der Waals surface area contributed by atoms with E-state index in [0.717, 1.165) is 18.2 Å². The highest BCUT2D eigenvalue weighted by Crippen LogP contribution is 2.66. The Balaban J connectivity index is 1.89. The number of aliphatic imine (C=N–C) groups is 2. The third kappa shape index (κ3) is 3.56. The second-order valence-corrected chi connectivity index (χ2v) is 11.2. The smallest absolute Gasteiger partial charge is 0.222 e. The van der Waals surface area contributed by atoms with Crippen molar-refractivity contribution < 1.29 is 8.42 Å². The lowest BCUT2D eigenvalue weighted by Crippen LogP contribution is -2.78. The number of guanidine groups is 1. The molecular formula is C21H32N4O2S. The van der Waals surface area contributed by atoms with Crippen molar-refractivity contribution in [3.8, 4) is 0 Å². The summed E-state index contributed by atoms with van der Waals surface area (Å²) in [4.78, 5) is 11.8. The van der Waals surface area contributed by atoms with E-state index in [1.54, 1.807) is 12.1 Å². The summed E-state index contributed by atoms with van der Waals surface area (Å²) in [6.07, 6.45) is 4.42. The predicted octanol–water partition coefficient (Wildman–Crippen LogP) is 3.74. The number of hydrogen-bond donors (Lipinski definition) is 1. The molecule has 3 aliphatic rings. The molecule has 0 unspecified atom stereocenters. The van der Waals surface area contributed by atoms with Crippen LogP contribution in [0.3, 0.4) is 0 Å². The van der Waals surface area contributed by atoms with E-state index in [2.05, 4.69) is 49.5 Å². The van der Waals surface area contributed by atoms with Gasteiger partial charge < -0.3 is 10.6 Å². The van der Waals surface area contributed by atoms with Gasteiger partial charge in [-0.1, -0.05) is 13.8 Å². The van der Waals surface area contributed by atoms with E-state index in [4.69, 9.17) is 5.73 Å². The quantitative estimate of drug-likeness (QED) is 0.611. The molecule has 0 amide bonds. The standard InChI is InChI=1S/C21H32N4O2S/c1-7-18(25(20(3,4)5)21-12-15(13-21)14(21)2)24-19(22)23-16-8-10-17(11-9-16)28(6,26)27/h8-11,14-15H,7,12-13H2,1-6H3,(H2,22,23)/t14-,15?,21?/m1/s1. The van der Waals surface area contributed by atoms with Gasteiger partial charge in [-0.2, -0.15) is 0 Å². The van der Waals surface area contributed by atoms with Gasteiger partial charge in [-0.15, -0.1) is 0 Å². The summed E-state index contributed by atoms with van der Waals surface area (Å²) >= 11 is 0. The lowest BCUT2D eigenvalue weighted by atomic mass is 9.41. The van der Waals surface area contributed by atoms with Gasteiger partial charge in [-0.3, -0.25) is 0 Å². The SMILES string of the molecule is CCC(=NC(N)=Nc1ccc(S(C)(=O)=O)cc1)N(C(C)(C)C)C12CC(C1)[C@H]2C. The fourth-order valence-electron chi connectivity index (χ4n) is 4.73. The lowest BCUT2D eigenvalue weighted by Gasteiger charge is -2.74. The first-order valence-electron chi connectivity index (χ1n) is 9.90. The van der Waals surface area contributed by atoms with E-state index in [-0.39, 0.29) is 21.9 Å². The van der Waals surface area contributed by atoms with Crippen LogP contribution >= 0.6 is 0 Å². The van der Waals surface area contributed by atoms with Crippen LogP contribution in [-0.4, -0.2) is 42.4 Å². The van der Waals surface area contributed by atoms with Gasteiger partial charge in [0.05, 0.1) is 10.6 Å². The molecule has 7 heteroatoms. The molecule has 0 heterocycles. The van der Waals surface area contributed by atoms with Crippen LogP contribution in [0.25, 0.3) is 0 Å². The van der Waals surface area contributed by atoms with Gasteiger partial charge in [0, 0.05) is 23.8 Å². The molecule has 154 valence electrons. The molecular weight excluding hydrogens is 372 g/mol. The van der Waals surface area contributed by atoms with Crippen molar-refractivity contribution in [2.75, 3.05) is 6.26 Å². The molecule has 28 heavy (non-hydrogen) atoms. The van der Waals surface area contributed by atoms with Crippen LogP contribution in [0.4, 0.5) is 5.69 Å². The highest BCUT2D eigenvalue weighted by atomic mass is 32.2. The van der Waals surface area contributed by atoms with Crippen molar-refractivity contribution in [1.82, 2.24) is 4.90 Å². The number of benzene rings is 1. The average Bonchev–Trinajstić information content (AvgIpc) is 2.55. The molecule has 4 rings (SSSR count). The van der Waals surface area contributed by atoms with Crippen LogP contribution < -0.4 is 5.73 Å². The third-order valence-electron chi connectivity index (χ3n) is 6.23. The maximum absolute atomic E-state index is 11.6. The molecule has 3 fully saturated rings. The van der Waals surface area contributed by atoms with E-state index < -0.39 is 9.84 Å². The van der Waals surface area contributed by atoms with Crippen molar-refractivity contribution >= 4 is 27.3 Å². The first kappa shape index (κ1) is 20.8. The molecule has 1 aromatic rings. The van der Waals surface area contributed by atoms with Crippen LogP contribution in [0.2, 0.25) is 0 Å². The summed E-state index contributed by atoms with van der Waals surface area (Å²) in [6.45, 7) is 11.1. The summed E-state index contributed by atoms with van der Waals surface area (Å²) in [5.74, 6) is 2.69. The minimum atomic E-state index is -3.23. The van der Waals surface area contributed by atoms with Gasteiger partial charge in [-0.05, 0) is 69.7 Å². The van der Waals surface area contributed by atoms with Gasteiger partial charge in [0.2, 0.25) is 5.96 Å². The Bertz CT molecular complexity index is 905. The molecule has 0 aliphatic heterocycles. The molecule has 1 atom stereocenters. The van der Waals surface area contributed by atoms with E-state index in [1.807, 2.05) is 0 Å². The van der Waals surface area contributed by atoms with Gasteiger partial charge in [0.15, 0.2) is 9.84 Å². The first-order valence-corrected chi connectivity index (χ1v) is 11.8. The molecule has 2 bridgehead atoms. The van der Waals surface area contributed by atoms with Crippen molar-refractivity contribution in [3.63, 3.8) is 0 Å². The van der Waals surface area contributed by atoms with E-state index in [1.165, 1.54) is 31.2 Å². The maximum atomic E-state index is 11.6. The fraction of sp³-hybridized carbons (Fsp3) is 0.619. The van der Waals surface area contributed by atoms with E-state index >= 15 is 0 Å². The van der Waals surface area contributed by atoms with Crippen LogP contribution in [0.1, 0.15) is 53.9 Å². The van der Waals surface area contributed by atoms with Crippen molar-refractivity contribution in [1.29, 1.82) is 0 Å². The zero-order chi connectivity index (χ0) is 20.9. The second kappa shape index (κ2) is 6.87. The van der Waals surface area contributed by atoms with Gasteiger partial charge in [-0.25, -0.2) is 18.4 Å². The number of nitrogens with zero attached hydrogens (tertiary/aromatic N) is 3. The monoisotopic (exact) mass is 404 g/mol. The summed E-state index contributed by atoms with van der Waals surface area (Å²) in [5.41, 5.74) is 6.90. The number of rotatable bonds is 4. The largest absolute Gasteiger partial charge is 0.368 e. The Morgan fingerprint density at radius 2 is 1.82 bits per heavy atom. The summed E-state index contributed by atoms with van der Waals surface area (Å²) < 4.78 is 23.2. The molecule has 0 radical (unpaired) electrons. The number of sulfone groups is 1. The topological polar surface area (TPSA) is 88.1 Å². The Hall–Kier alpha value is -1.89. The Labute approximate surface area is 168 Å². The summed E-state index contributed by atoms with van der Waals surface area (Å²) in [5, 5.41) is 0. The highest BCUT2D eigenvalue weighted by molar-refractivity contribution is 7.90. The zero-order valence-corrected chi connectivity index (χ0v) is 18.5. The van der Waals surface area contributed by atoms with Crippen LogP contribution in [0.15, 0.2) is 39.1 Å². The van der Waals surface area contributed by atoms with Crippen LogP contribution in [-0.2, 0) is 9.84 Å². The fourth-order valence-corrected chi connectivity index (χ4v) is 5.36. The molecule has 0 saturated heterocycles. The Morgan fingerprint density at radius 1 is 1.25 bits per heavy atom. The summed E-state index contributed by atoms with van der Waals surface area (Å²) in [7, 11) is -3.23. The molecule has 6 nitrogen and oxygen atoms in total. The minimum absolute atomic E-state index is 0.0497. The maximum Gasteiger partial charge on any atom is 0.222 e. The minimum Gasteiger partial charge on any atom is -0.368 e. The molecule has 3 saturated carbocycles. The van der Waals surface area contributed by atoms with Gasteiger partial charge in [0.25, 0.3) is 0 Å². The molecule has 1 aromatic carbocycles.